The molecule has 0 aromatic heterocycles. The van der Waals surface area contributed by atoms with Crippen molar-refractivity contribution in [2.24, 2.45) is 0 Å². The number of carbonyl (C=O) groups is 3. The van der Waals surface area contributed by atoms with Gasteiger partial charge in [-0.3, -0.25) is 9.59 Å². The molecule has 18 heavy (non-hydrogen) atoms. The average molecular weight is 258 g/mol. The summed E-state index contributed by atoms with van der Waals surface area (Å²) in [6.45, 7) is 0.104. The summed E-state index contributed by atoms with van der Waals surface area (Å²) in [6, 6.07) is -0.674. The first-order valence-corrected chi connectivity index (χ1v) is 5.85. The molecule has 1 aliphatic carbocycles. The summed E-state index contributed by atoms with van der Waals surface area (Å²) in [5.74, 6) is -2.02. The lowest BCUT2D eigenvalue weighted by molar-refractivity contribution is -0.144. The van der Waals surface area contributed by atoms with Crippen LogP contribution in [-0.4, -0.2) is 48.7 Å². The minimum atomic E-state index is -1.15. The molecule has 0 heterocycles. The third-order valence-corrected chi connectivity index (χ3v) is 2.63. The van der Waals surface area contributed by atoms with Crippen LogP contribution in [0, 0.1) is 0 Å². The normalized spacial score (nSPS) is 15.8. The number of methoxy groups -OCH3 is 1. The van der Waals surface area contributed by atoms with E-state index in [1.54, 1.807) is 0 Å². The van der Waals surface area contributed by atoms with Crippen LogP contribution in [0.25, 0.3) is 0 Å². The number of hydrogen-bond donors (Lipinski definition) is 3. The molecule has 7 nitrogen and oxygen atoms in total. The van der Waals surface area contributed by atoms with Gasteiger partial charge in [0, 0.05) is 12.5 Å². The molecular weight excluding hydrogens is 240 g/mol. The Morgan fingerprint density at radius 1 is 1.39 bits per heavy atom. The Labute approximate surface area is 105 Å². The first-order chi connectivity index (χ1) is 8.52. The fourth-order valence-electron chi connectivity index (χ4n) is 1.39. The van der Waals surface area contributed by atoms with Gasteiger partial charge >= 0.3 is 11.9 Å². The molecule has 0 spiro atoms. The zero-order valence-corrected chi connectivity index (χ0v) is 10.3. The minimum absolute atomic E-state index is 0.0250. The van der Waals surface area contributed by atoms with E-state index in [1.165, 1.54) is 7.11 Å². The zero-order valence-electron chi connectivity index (χ0n) is 10.3. The van der Waals surface area contributed by atoms with Gasteiger partial charge in [0.1, 0.15) is 6.04 Å². The van der Waals surface area contributed by atoms with E-state index < -0.39 is 18.0 Å². The van der Waals surface area contributed by atoms with E-state index in [4.69, 9.17) is 5.11 Å². The third kappa shape index (κ3) is 5.62. The van der Waals surface area contributed by atoms with Crippen molar-refractivity contribution in [2.45, 2.75) is 37.8 Å². The maximum atomic E-state index is 11.5. The SMILES string of the molecule is COC(=O)CC[C@@H](NC(=O)CNC1CC1)C(=O)O. The highest BCUT2D eigenvalue weighted by molar-refractivity contribution is 5.85. The summed E-state index contributed by atoms with van der Waals surface area (Å²) in [6.07, 6.45) is 2.09. The second-order valence-electron chi connectivity index (χ2n) is 4.23. The topological polar surface area (TPSA) is 105 Å². The lowest BCUT2D eigenvalue weighted by Gasteiger charge is -2.14. The first kappa shape index (κ1) is 14.4. The number of aliphatic carboxylic acids is 1. The Bertz CT molecular complexity index is 327. The number of ether oxygens (including phenoxy) is 1. The van der Waals surface area contributed by atoms with Gasteiger partial charge in [-0.05, 0) is 19.3 Å². The van der Waals surface area contributed by atoms with Crippen molar-refractivity contribution in [3.8, 4) is 0 Å². The molecule has 0 aromatic carbocycles. The average Bonchev–Trinajstić information content (AvgIpc) is 3.14. The summed E-state index contributed by atoms with van der Waals surface area (Å²) in [5.41, 5.74) is 0. The van der Waals surface area contributed by atoms with Crippen LogP contribution in [0.15, 0.2) is 0 Å². The monoisotopic (exact) mass is 258 g/mol. The van der Waals surface area contributed by atoms with E-state index in [2.05, 4.69) is 15.4 Å². The minimum Gasteiger partial charge on any atom is -0.480 e. The molecule has 102 valence electrons. The molecule has 1 rings (SSSR count). The molecule has 0 aromatic rings. The maximum absolute atomic E-state index is 11.5. The number of carboxylic acid groups (broad SMARTS) is 1. The molecule has 1 saturated carbocycles. The molecule has 7 heteroatoms. The van der Waals surface area contributed by atoms with Crippen LogP contribution in [-0.2, 0) is 19.1 Å². The molecule has 0 unspecified atom stereocenters. The number of carbonyl (C=O) groups excluding carboxylic acids is 2. The lowest BCUT2D eigenvalue weighted by Crippen LogP contribution is -2.45. The molecule has 1 atom stereocenters. The molecule has 0 aliphatic heterocycles. The standard InChI is InChI=1S/C11H18N2O5/c1-18-10(15)5-4-8(11(16)17)13-9(14)6-12-7-2-3-7/h7-8,12H,2-6H2,1H3,(H,13,14)(H,16,17)/t8-/m1/s1. The molecule has 0 saturated heterocycles. The van der Waals surface area contributed by atoms with Gasteiger partial charge in [0.05, 0.1) is 13.7 Å². The van der Waals surface area contributed by atoms with Gasteiger partial charge in [0.2, 0.25) is 5.91 Å². The number of hydrogen-bond acceptors (Lipinski definition) is 5. The maximum Gasteiger partial charge on any atom is 0.326 e. The third-order valence-electron chi connectivity index (χ3n) is 2.63. The number of esters is 1. The Morgan fingerprint density at radius 2 is 2.06 bits per heavy atom. The fourth-order valence-corrected chi connectivity index (χ4v) is 1.39. The van der Waals surface area contributed by atoms with E-state index >= 15 is 0 Å². The van der Waals surface area contributed by atoms with Gasteiger partial charge in [-0.15, -0.1) is 0 Å². The summed E-state index contributed by atoms with van der Waals surface area (Å²) < 4.78 is 4.42. The van der Waals surface area contributed by atoms with Gasteiger partial charge < -0.3 is 20.5 Å². The van der Waals surface area contributed by atoms with Crippen molar-refractivity contribution in [1.82, 2.24) is 10.6 Å². The largest absolute Gasteiger partial charge is 0.480 e. The molecule has 1 fully saturated rings. The van der Waals surface area contributed by atoms with E-state index in [0.29, 0.717) is 6.04 Å². The van der Waals surface area contributed by atoms with E-state index in [1.807, 2.05) is 0 Å². The van der Waals surface area contributed by atoms with Crippen LogP contribution in [0.4, 0.5) is 0 Å². The quantitative estimate of drug-likeness (QED) is 0.495. The van der Waals surface area contributed by atoms with Crippen LogP contribution in [0.1, 0.15) is 25.7 Å². The van der Waals surface area contributed by atoms with Crippen molar-refractivity contribution in [3.63, 3.8) is 0 Å². The predicted molar refractivity (Wildman–Crippen MR) is 61.8 cm³/mol. The Hall–Kier alpha value is -1.63. The van der Waals surface area contributed by atoms with Crippen LogP contribution in [0.2, 0.25) is 0 Å². The van der Waals surface area contributed by atoms with Gasteiger partial charge in [-0.25, -0.2) is 4.79 Å². The van der Waals surface area contributed by atoms with Crippen LogP contribution < -0.4 is 10.6 Å². The number of carboxylic acids is 1. The Balaban J connectivity index is 2.28. The number of nitrogens with one attached hydrogen (secondary N) is 2. The van der Waals surface area contributed by atoms with E-state index in [9.17, 15) is 14.4 Å². The van der Waals surface area contributed by atoms with Crippen LogP contribution in [0.3, 0.4) is 0 Å². The van der Waals surface area contributed by atoms with Crippen molar-refractivity contribution >= 4 is 17.8 Å². The predicted octanol–water partition coefficient (Wildman–Crippen LogP) is -0.739. The van der Waals surface area contributed by atoms with Gasteiger partial charge in [-0.2, -0.15) is 0 Å². The lowest BCUT2D eigenvalue weighted by atomic mass is 10.1. The molecule has 3 N–H and O–H groups in total. The van der Waals surface area contributed by atoms with Crippen molar-refractivity contribution in [1.29, 1.82) is 0 Å². The Morgan fingerprint density at radius 3 is 2.56 bits per heavy atom. The molecule has 1 amide bonds. The second-order valence-corrected chi connectivity index (χ2v) is 4.23. The van der Waals surface area contributed by atoms with E-state index in [0.717, 1.165) is 12.8 Å². The molecular formula is C11H18N2O5. The molecule has 0 bridgehead atoms. The van der Waals surface area contributed by atoms with Gasteiger partial charge in [-0.1, -0.05) is 0 Å². The van der Waals surface area contributed by atoms with Crippen molar-refractivity contribution < 1.29 is 24.2 Å². The van der Waals surface area contributed by atoms with Crippen molar-refractivity contribution in [3.05, 3.63) is 0 Å². The highest BCUT2D eigenvalue weighted by Crippen LogP contribution is 2.17. The van der Waals surface area contributed by atoms with Gasteiger partial charge in [0.15, 0.2) is 0 Å². The fraction of sp³-hybridized carbons (Fsp3) is 0.727. The summed E-state index contributed by atoms with van der Waals surface area (Å²) >= 11 is 0. The summed E-state index contributed by atoms with van der Waals surface area (Å²) in [4.78, 5) is 33.3. The first-order valence-electron chi connectivity index (χ1n) is 5.85. The summed E-state index contributed by atoms with van der Waals surface area (Å²) in [7, 11) is 1.23. The highest BCUT2D eigenvalue weighted by Gasteiger charge is 2.24. The highest BCUT2D eigenvalue weighted by atomic mass is 16.5. The zero-order chi connectivity index (χ0) is 13.5. The molecule has 1 aliphatic rings. The van der Waals surface area contributed by atoms with Gasteiger partial charge in [0.25, 0.3) is 0 Å². The second kappa shape index (κ2) is 6.95. The smallest absolute Gasteiger partial charge is 0.326 e. The number of rotatable bonds is 8. The molecule has 0 radical (unpaired) electrons. The van der Waals surface area contributed by atoms with Crippen LogP contribution in [0.5, 0.6) is 0 Å². The summed E-state index contributed by atoms with van der Waals surface area (Å²) in [5, 5.41) is 14.3. The Kier molecular flexibility index (Phi) is 5.57. The number of amides is 1. The van der Waals surface area contributed by atoms with E-state index in [-0.39, 0.29) is 25.3 Å². The van der Waals surface area contributed by atoms with Crippen LogP contribution >= 0.6 is 0 Å². The van der Waals surface area contributed by atoms with Crippen molar-refractivity contribution in [2.75, 3.05) is 13.7 Å².